The van der Waals surface area contributed by atoms with Crippen molar-refractivity contribution in [3.8, 4) is 11.5 Å². The lowest BCUT2D eigenvalue weighted by molar-refractivity contribution is 0.174. The van der Waals surface area contributed by atoms with Crippen molar-refractivity contribution in [3.05, 3.63) is 23.8 Å². The molecule has 0 amide bonds. The van der Waals surface area contributed by atoms with Gasteiger partial charge in [-0.3, -0.25) is 0 Å². The first-order chi connectivity index (χ1) is 7.83. The van der Waals surface area contributed by atoms with E-state index in [1.54, 1.807) is 0 Å². The largest absolute Gasteiger partial charge is 0.454 e. The molecule has 88 valence electrons. The molecule has 1 aromatic carbocycles. The van der Waals surface area contributed by atoms with Crippen molar-refractivity contribution in [3.63, 3.8) is 0 Å². The highest BCUT2D eigenvalue weighted by Gasteiger charge is 2.13. The van der Waals surface area contributed by atoms with Gasteiger partial charge in [-0.25, -0.2) is 0 Å². The Balaban J connectivity index is 1.95. The van der Waals surface area contributed by atoms with Crippen molar-refractivity contribution in [2.24, 2.45) is 0 Å². The summed E-state index contributed by atoms with van der Waals surface area (Å²) in [5.41, 5.74) is 1.14. The summed E-state index contributed by atoms with van der Waals surface area (Å²) in [6.45, 7) is 3.25. The van der Waals surface area contributed by atoms with Gasteiger partial charge in [0.2, 0.25) is 6.79 Å². The van der Waals surface area contributed by atoms with Crippen molar-refractivity contribution < 1.29 is 14.6 Å². The Labute approximate surface area is 95.2 Å². The molecule has 2 N–H and O–H groups in total. The third kappa shape index (κ3) is 2.46. The molecule has 1 aliphatic rings. The van der Waals surface area contributed by atoms with Gasteiger partial charge in [0.1, 0.15) is 0 Å². The van der Waals surface area contributed by atoms with Crippen LogP contribution in [0, 0.1) is 0 Å². The van der Waals surface area contributed by atoms with Crippen LogP contribution in [0.5, 0.6) is 11.5 Å². The molecule has 4 heteroatoms. The second kappa shape index (κ2) is 5.18. The molecule has 0 aromatic heterocycles. The van der Waals surface area contributed by atoms with Gasteiger partial charge in [0, 0.05) is 12.6 Å². The van der Waals surface area contributed by atoms with Gasteiger partial charge in [-0.1, -0.05) is 13.0 Å². The van der Waals surface area contributed by atoms with E-state index >= 15 is 0 Å². The molecule has 1 heterocycles. The molecule has 4 nitrogen and oxygen atoms in total. The van der Waals surface area contributed by atoms with Gasteiger partial charge >= 0.3 is 0 Å². The van der Waals surface area contributed by atoms with Crippen LogP contribution in [0.3, 0.4) is 0 Å². The average molecular weight is 223 g/mol. The molecule has 1 aliphatic heterocycles. The smallest absolute Gasteiger partial charge is 0.231 e. The average Bonchev–Trinajstić information content (AvgIpc) is 2.77. The first-order valence-electron chi connectivity index (χ1n) is 5.56. The third-order valence-corrected chi connectivity index (χ3v) is 2.75. The Hall–Kier alpha value is -1.26. The Bertz CT molecular complexity index is 350. The van der Waals surface area contributed by atoms with E-state index in [1.165, 1.54) is 0 Å². The molecule has 2 rings (SSSR count). The van der Waals surface area contributed by atoms with E-state index in [0.29, 0.717) is 6.79 Å². The molecule has 0 saturated heterocycles. The quantitative estimate of drug-likeness (QED) is 0.789. The van der Waals surface area contributed by atoms with Crippen molar-refractivity contribution >= 4 is 0 Å². The lowest BCUT2D eigenvalue weighted by atomic mass is 10.1. The fourth-order valence-electron chi connectivity index (χ4n) is 1.65. The number of fused-ring (bicyclic) bond motifs is 1. The summed E-state index contributed by atoms with van der Waals surface area (Å²) in [6, 6.07) is 6.05. The predicted octanol–water partition coefficient (Wildman–Crippen LogP) is 1.28. The molecule has 0 spiro atoms. The zero-order valence-electron chi connectivity index (χ0n) is 9.40. The number of aliphatic hydroxyl groups is 1. The fraction of sp³-hybridized carbons (Fsp3) is 0.500. The molecule has 0 aliphatic carbocycles. The van der Waals surface area contributed by atoms with Crippen molar-refractivity contribution in [1.82, 2.24) is 5.32 Å². The van der Waals surface area contributed by atoms with E-state index in [9.17, 15) is 0 Å². The molecule has 0 unspecified atom stereocenters. The molecule has 1 atom stereocenters. The van der Waals surface area contributed by atoms with E-state index in [-0.39, 0.29) is 12.6 Å². The molecular weight excluding hydrogens is 206 g/mol. The minimum atomic E-state index is 0.158. The predicted molar refractivity (Wildman–Crippen MR) is 60.6 cm³/mol. The van der Waals surface area contributed by atoms with E-state index in [2.05, 4.69) is 5.32 Å². The lowest BCUT2D eigenvalue weighted by Gasteiger charge is -2.13. The zero-order chi connectivity index (χ0) is 11.4. The van der Waals surface area contributed by atoms with Gasteiger partial charge in [0.05, 0.1) is 6.61 Å². The molecular formula is C12H17NO3. The van der Waals surface area contributed by atoms with Crippen molar-refractivity contribution in [1.29, 1.82) is 0 Å². The Morgan fingerprint density at radius 2 is 2.19 bits per heavy atom. The summed E-state index contributed by atoms with van der Waals surface area (Å²) >= 11 is 0. The van der Waals surface area contributed by atoms with E-state index in [0.717, 1.165) is 30.0 Å². The highest BCUT2D eigenvalue weighted by molar-refractivity contribution is 5.44. The second-order valence-corrected chi connectivity index (χ2v) is 3.86. The normalized spacial score (nSPS) is 15.1. The monoisotopic (exact) mass is 223 g/mol. The first-order valence-corrected chi connectivity index (χ1v) is 5.56. The van der Waals surface area contributed by atoms with Crippen molar-refractivity contribution in [2.45, 2.75) is 25.9 Å². The van der Waals surface area contributed by atoms with Gasteiger partial charge in [0.25, 0.3) is 0 Å². The highest BCUT2D eigenvalue weighted by atomic mass is 16.7. The van der Waals surface area contributed by atoms with Crippen LogP contribution in [-0.2, 0) is 6.54 Å². The topological polar surface area (TPSA) is 50.7 Å². The van der Waals surface area contributed by atoms with Crippen LogP contribution >= 0.6 is 0 Å². The number of ether oxygens (including phenoxy) is 2. The minimum Gasteiger partial charge on any atom is -0.454 e. The molecule has 0 saturated carbocycles. The second-order valence-electron chi connectivity index (χ2n) is 3.86. The summed E-state index contributed by atoms with van der Waals surface area (Å²) in [4.78, 5) is 0. The van der Waals surface area contributed by atoms with Crippen LogP contribution in [0.4, 0.5) is 0 Å². The molecule has 0 fully saturated rings. The lowest BCUT2D eigenvalue weighted by Crippen LogP contribution is -2.31. The van der Waals surface area contributed by atoms with Crippen LogP contribution in [0.25, 0.3) is 0 Å². The van der Waals surface area contributed by atoms with Crippen molar-refractivity contribution in [2.75, 3.05) is 13.4 Å². The number of nitrogens with one attached hydrogen (secondary N) is 1. The number of aliphatic hydroxyl groups excluding tert-OH is 1. The van der Waals surface area contributed by atoms with E-state index in [1.807, 2.05) is 25.1 Å². The maximum absolute atomic E-state index is 9.05. The van der Waals surface area contributed by atoms with Gasteiger partial charge in [0.15, 0.2) is 11.5 Å². The van der Waals surface area contributed by atoms with Crippen LogP contribution < -0.4 is 14.8 Å². The molecule has 1 aromatic rings. The van der Waals surface area contributed by atoms with E-state index in [4.69, 9.17) is 14.6 Å². The molecule has 16 heavy (non-hydrogen) atoms. The molecule has 0 radical (unpaired) electrons. The Morgan fingerprint density at radius 1 is 1.38 bits per heavy atom. The van der Waals surface area contributed by atoms with Gasteiger partial charge in [-0.05, 0) is 24.1 Å². The summed E-state index contributed by atoms with van der Waals surface area (Å²) < 4.78 is 10.5. The number of rotatable bonds is 5. The maximum Gasteiger partial charge on any atom is 0.231 e. The third-order valence-electron chi connectivity index (χ3n) is 2.75. The summed E-state index contributed by atoms with van der Waals surface area (Å²) in [5.74, 6) is 1.61. The van der Waals surface area contributed by atoms with Gasteiger partial charge in [-0.2, -0.15) is 0 Å². The zero-order valence-corrected chi connectivity index (χ0v) is 9.40. The van der Waals surface area contributed by atoms with Crippen LogP contribution in [0.1, 0.15) is 18.9 Å². The fourth-order valence-corrected chi connectivity index (χ4v) is 1.65. The number of hydrogen-bond donors (Lipinski definition) is 2. The number of benzene rings is 1. The number of hydrogen-bond acceptors (Lipinski definition) is 4. The maximum atomic E-state index is 9.05. The van der Waals surface area contributed by atoms with Crippen LogP contribution in [0.15, 0.2) is 18.2 Å². The SMILES string of the molecule is CC[C@H](CO)NCc1ccc2c(c1)OCO2. The van der Waals surface area contributed by atoms with Gasteiger partial charge in [-0.15, -0.1) is 0 Å². The minimum absolute atomic E-state index is 0.158. The van der Waals surface area contributed by atoms with E-state index < -0.39 is 0 Å². The highest BCUT2D eigenvalue weighted by Crippen LogP contribution is 2.32. The standard InChI is InChI=1S/C12H17NO3/c1-2-10(7-14)13-6-9-3-4-11-12(5-9)16-8-15-11/h3-5,10,13-14H,2,6-8H2,1H3/t10-/m1/s1. The van der Waals surface area contributed by atoms with Crippen LogP contribution in [-0.4, -0.2) is 24.5 Å². The van der Waals surface area contributed by atoms with Gasteiger partial charge < -0.3 is 19.9 Å². The molecule has 0 bridgehead atoms. The summed E-state index contributed by atoms with van der Waals surface area (Å²) in [5, 5.41) is 12.3. The Kier molecular flexibility index (Phi) is 3.64. The summed E-state index contributed by atoms with van der Waals surface area (Å²) in [7, 11) is 0. The van der Waals surface area contributed by atoms with Crippen LogP contribution in [0.2, 0.25) is 0 Å². The first kappa shape index (κ1) is 11.2. The Morgan fingerprint density at radius 3 is 2.94 bits per heavy atom. The summed E-state index contributed by atoms with van der Waals surface area (Å²) in [6.07, 6.45) is 0.918.